The van der Waals surface area contributed by atoms with Crippen LogP contribution in [0.1, 0.15) is 62.0 Å². The standard InChI is InChI=1S/C46H63N5O7/c1-27-38-22-33(46(38,3)4)23-39(27)48-45(55)42-41(28(2)53)40(26-52)58-51(42)24-30-14-12-16-37(43(30)57-10)31-19-32(21-35(20-31)50(7)8)44(54)47-34(25-49(5)6)17-29-13-11-15-36(18-29)56-9/h11-16,18-21,27-28,33,38-42,52-53H,17,22-26H2,1-10H3,(H,48,55)/t27-,28-,33+,38-,39-,40-,41-,42-/m0/s1. The van der Waals surface area contributed by atoms with Crippen LogP contribution in [0.4, 0.5) is 5.69 Å². The van der Waals surface area contributed by atoms with Crippen molar-refractivity contribution in [3.8, 4) is 22.6 Å². The number of anilines is 1. The van der Waals surface area contributed by atoms with Crippen LogP contribution in [0.25, 0.3) is 11.1 Å². The second-order valence-electron chi connectivity index (χ2n) is 17.6. The number of benzene rings is 3. The molecule has 0 radical (unpaired) electrons. The van der Waals surface area contributed by atoms with Crippen molar-refractivity contribution in [2.45, 2.75) is 77.8 Å². The molecule has 3 aromatic carbocycles. The van der Waals surface area contributed by atoms with Crippen LogP contribution in [-0.2, 0) is 22.6 Å². The van der Waals surface area contributed by atoms with Crippen LogP contribution in [0.2, 0.25) is 0 Å². The highest BCUT2D eigenvalue weighted by atomic mass is 16.7. The Bertz CT molecular complexity index is 1980. The SMILES string of the molecule is COc1cccc(CC(CN(C)C)=NC(=O)c2cc(-c3cccc(CN4O[C@@H](CO)[C@H]([C@H](C)O)[C@H]4C(=O)N[C@H]4C[C@H]5C[C@@H]([C@@H]4C)C5(C)C)c3OC)cc(N(C)C)c2)c1. The van der Waals surface area contributed by atoms with Crippen molar-refractivity contribution in [2.24, 2.45) is 34.1 Å². The van der Waals surface area contributed by atoms with Crippen LogP contribution < -0.4 is 19.7 Å². The highest BCUT2D eigenvalue weighted by molar-refractivity contribution is 6.06. The summed E-state index contributed by atoms with van der Waals surface area (Å²) in [5.74, 6) is 1.50. The maximum absolute atomic E-state index is 14.3. The molecule has 8 atom stereocenters. The molecule has 1 saturated heterocycles. The maximum atomic E-state index is 14.3. The molecule has 0 aromatic heterocycles. The van der Waals surface area contributed by atoms with Crippen molar-refractivity contribution in [3.05, 3.63) is 77.4 Å². The smallest absolute Gasteiger partial charge is 0.277 e. The van der Waals surface area contributed by atoms with E-state index in [1.165, 1.54) is 6.42 Å². The molecule has 58 heavy (non-hydrogen) atoms. The average molecular weight is 798 g/mol. The third-order valence-corrected chi connectivity index (χ3v) is 13.0. The van der Waals surface area contributed by atoms with Crippen molar-refractivity contribution in [3.63, 3.8) is 0 Å². The van der Waals surface area contributed by atoms with E-state index >= 15 is 0 Å². The Labute approximate surface area is 344 Å². The second-order valence-corrected chi connectivity index (χ2v) is 17.6. The number of hydrogen-bond acceptors (Lipinski definition) is 10. The second kappa shape index (κ2) is 17.9. The van der Waals surface area contributed by atoms with Crippen LogP contribution in [0.5, 0.6) is 11.5 Å². The number of carbonyl (C=O) groups is 2. The van der Waals surface area contributed by atoms with Gasteiger partial charge in [-0.2, -0.15) is 5.06 Å². The molecule has 1 aliphatic heterocycles. The van der Waals surface area contributed by atoms with Crippen LogP contribution in [0.3, 0.4) is 0 Å². The van der Waals surface area contributed by atoms with E-state index in [1.807, 2.05) is 98.7 Å². The lowest BCUT2D eigenvalue weighted by Crippen LogP contribution is -2.62. The van der Waals surface area contributed by atoms with Gasteiger partial charge >= 0.3 is 0 Å². The Morgan fingerprint density at radius 2 is 1.78 bits per heavy atom. The third kappa shape index (κ3) is 8.96. The van der Waals surface area contributed by atoms with Gasteiger partial charge in [0.1, 0.15) is 23.6 Å². The number of carbonyl (C=O) groups excluding carboxylic acids is 2. The highest BCUT2D eigenvalue weighted by Gasteiger charge is 2.57. The fraction of sp³-hybridized carbons (Fsp3) is 0.543. The average Bonchev–Trinajstić information content (AvgIpc) is 3.56. The number of para-hydroxylation sites is 1. The van der Waals surface area contributed by atoms with E-state index in [-0.39, 0.29) is 36.4 Å². The van der Waals surface area contributed by atoms with Gasteiger partial charge in [0.25, 0.3) is 5.91 Å². The number of amides is 2. The van der Waals surface area contributed by atoms with E-state index in [2.05, 4.69) is 31.1 Å². The quantitative estimate of drug-likeness (QED) is 0.170. The predicted octanol–water partition coefficient (Wildman–Crippen LogP) is 5.48. The Hall–Kier alpha value is -4.33. The van der Waals surface area contributed by atoms with Crippen molar-refractivity contribution in [1.82, 2.24) is 15.3 Å². The summed E-state index contributed by atoms with van der Waals surface area (Å²) >= 11 is 0. The summed E-state index contributed by atoms with van der Waals surface area (Å²) in [7, 11) is 11.0. The number of hydroxylamine groups is 2. The molecule has 12 heteroatoms. The first-order chi connectivity index (χ1) is 27.6. The Kier molecular flexibility index (Phi) is 13.3. The van der Waals surface area contributed by atoms with Gasteiger partial charge in [-0.25, -0.2) is 4.99 Å². The fourth-order valence-electron chi connectivity index (χ4n) is 9.70. The Morgan fingerprint density at radius 3 is 2.40 bits per heavy atom. The van der Waals surface area contributed by atoms with Gasteiger partial charge in [-0.15, -0.1) is 0 Å². The Morgan fingerprint density at radius 1 is 1.03 bits per heavy atom. The zero-order valence-corrected chi connectivity index (χ0v) is 35.9. The molecule has 2 amide bonds. The minimum absolute atomic E-state index is 0.0258. The third-order valence-electron chi connectivity index (χ3n) is 13.0. The molecule has 314 valence electrons. The van der Waals surface area contributed by atoms with Crippen molar-refractivity contribution in [1.29, 1.82) is 0 Å². The van der Waals surface area contributed by atoms with Crippen molar-refractivity contribution >= 4 is 23.2 Å². The van der Waals surface area contributed by atoms with Gasteiger partial charge in [0, 0.05) is 67.1 Å². The van der Waals surface area contributed by atoms with Crippen LogP contribution in [-0.4, -0.2) is 118 Å². The zero-order chi connectivity index (χ0) is 42.1. The van der Waals surface area contributed by atoms with Crippen LogP contribution >= 0.6 is 0 Å². The molecule has 3 aromatic rings. The summed E-state index contributed by atoms with van der Waals surface area (Å²) in [6, 6.07) is 18.4. The van der Waals surface area contributed by atoms with Gasteiger partial charge in [0.05, 0.1) is 33.5 Å². The molecule has 4 fully saturated rings. The van der Waals surface area contributed by atoms with Crippen molar-refractivity contribution in [2.75, 3.05) is 60.5 Å². The number of rotatable bonds is 15. The lowest BCUT2D eigenvalue weighted by atomic mass is 9.45. The van der Waals surface area contributed by atoms with Gasteiger partial charge in [-0.05, 0) is 98.5 Å². The minimum Gasteiger partial charge on any atom is -0.497 e. The fourth-order valence-corrected chi connectivity index (χ4v) is 9.70. The molecule has 12 nitrogen and oxygen atoms in total. The lowest BCUT2D eigenvalue weighted by Gasteiger charge is -2.62. The predicted molar refractivity (Wildman–Crippen MR) is 227 cm³/mol. The first-order valence-electron chi connectivity index (χ1n) is 20.5. The molecule has 7 rings (SSSR count). The number of aliphatic hydroxyl groups excluding tert-OH is 2. The van der Waals surface area contributed by atoms with E-state index < -0.39 is 24.2 Å². The van der Waals surface area contributed by atoms with Gasteiger partial charge in [-0.1, -0.05) is 51.1 Å². The molecule has 4 aliphatic rings. The van der Waals surface area contributed by atoms with E-state index in [1.54, 1.807) is 26.2 Å². The molecule has 3 aliphatic carbocycles. The zero-order valence-electron chi connectivity index (χ0n) is 35.9. The topological polar surface area (TPSA) is 136 Å². The summed E-state index contributed by atoms with van der Waals surface area (Å²) in [5.41, 5.74) is 5.47. The molecule has 1 heterocycles. The molecular weight excluding hydrogens is 735 g/mol. The number of ether oxygens (including phenoxy) is 2. The lowest BCUT2D eigenvalue weighted by molar-refractivity contribution is -0.183. The van der Waals surface area contributed by atoms with Crippen LogP contribution in [0.15, 0.2) is 65.7 Å². The Balaban J connectivity index is 1.31. The molecule has 0 spiro atoms. The van der Waals surface area contributed by atoms with Gasteiger partial charge in [0.15, 0.2) is 0 Å². The monoisotopic (exact) mass is 797 g/mol. The molecule has 0 unspecified atom stereocenters. The van der Waals surface area contributed by atoms with Gasteiger partial charge in [0.2, 0.25) is 5.91 Å². The first kappa shape index (κ1) is 43.3. The summed E-state index contributed by atoms with van der Waals surface area (Å²) < 4.78 is 11.5. The summed E-state index contributed by atoms with van der Waals surface area (Å²) in [4.78, 5) is 43.3. The molecule has 3 N–H and O–H groups in total. The van der Waals surface area contributed by atoms with Crippen molar-refractivity contribution < 1.29 is 34.1 Å². The summed E-state index contributed by atoms with van der Waals surface area (Å²) in [6.45, 7) is 8.85. The number of hydrogen-bond donors (Lipinski definition) is 3. The molecule has 3 saturated carbocycles. The number of nitrogens with one attached hydrogen (secondary N) is 1. The van der Waals surface area contributed by atoms with E-state index in [0.29, 0.717) is 42.0 Å². The highest BCUT2D eigenvalue weighted by Crippen LogP contribution is 2.61. The summed E-state index contributed by atoms with van der Waals surface area (Å²) in [6.07, 6.45) is 0.918. The van der Waals surface area contributed by atoms with E-state index in [0.717, 1.165) is 45.8 Å². The number of nitrogens with zero attached hydrogens (tertiary/aromatic N) is 4. The number of fused-ring (bicyclic) bond motifs is 2. The molecule has 2 bridgehead atoms. The van der Waals surface area contributed by atoms with E-state index in [4.69, 9.17) is 14.3 Å². The van der Waals surface area contributed by atoms with Crippen LogP contribution in [0, 0.1) is 29.1 Å². The van der Waals surface area contributed by atoms with Gasteiger partial charge in [-0.3, -0.25) is 14.4 Å². The normalized spacial score (nSPS) is 25.9. The minimum atomic E-state index is -0.914. The molecular formula is C46H63N5O7. The maximum Gasteiger partial charge on any atom is 0.277 e. The van der Waals surface area contributed by atoms with Gasteiger partial charge < -0.3 is 34.8 Å². The number of methoxy groups -OCH3 is 2. The number of aliphatic imine (C=N–C) groups is 1. The number of aliphatic hydroxyl groups is 2. The summed E-state index contributed by atoms with van der Waals surface area (Å²) in [5, 5.41) is 26.3. The largest absolute Gasteiger partial charge is 0.497 e. The van der Waals surface area contributed by atoms with E-state index in [9.17, 15) is 19.8 Å². The first-order valence-corrected chi connectivity index (χ1v) is 20.5.